The number of halogens is 2. The molecule has 1 N–H and O–H groups in total. The summed E-state index contributed by atoms with van der Waals surface area (Å²) in [6.45, 7) is 2.10. The zero-order chi connectivity index (χ0) is 26.2. The van der Waals surface area contributed by atoms with Gasteiger partial charge in [-0.25, -0.2) is 9.97 Å². The second-order valence-corrected chi connectivity index (χ2v) is 8.45. The predicted octanol–water partition coefficient (Wildman–Crippen LogP) is 3.99. The normalized spacial score (nSPS) is 15.1. The maximum absolute atomic E-state index is 14.9. The molecular formula is C26H19F2N7O2. The number of nitriles is 1. The van der Waals surface area contributed by atoms with Gasteiger partial charge in [0, 0.05) is 29.3 Å². The van der Waals surface area contributed by atoms with Crippen LogP contribution in [0.15, 0.2) is 73.2 Å². The van der Waals surface area contributed by atoms with Crippen molar-refractivity contribution in [2.75, 3.05) is 10.2 Å². The molecule has 37 heavy (non-hydrogen) atoms. The van der Waals surface area contributed by atoms with Crippen LogP contribution in [0.1, 0.15) is 44.7 Å². The lowest BCUT2D eigenvalue weighted by Gasteiger charge is -2.34. The van der Waals surface area contributed by atoms with E-state index in [9.17, 15) is 18.4 Å². The maximum Gasteiger partial charge on any atom is 0.331 e. The summed E-state index contributed by atoms with van der Waals surface area (Å²) in [5.41, 5.74) is 0.999. The molecule has 1 unspecified atom stereocenters. The monoisotopic (exact) mass is 499 g/mol. The Morgan fingerprint density at radius 2 is 1.86 bits per heavy atom. The van der Waals surface area contributed by atoms with Crippen molar-refractivity contribution in [1.82, 2.24) is 19.7 Å². The fourth-order valence-electron chi connectivity index (χ4n) is 4.22. The van der Waals surface area contributed by atoms with Gasteiger partial charge in [0.15, 0.2) is 0 Å². The molecule has 0 bridgehead atoms. The molecular weight excluding hydrogens is 480 g/mol. The summed E-state index contributed by atoms with van der Waals surface area (Å²) in [5.74, 6) is -5.08. The van der Waals surface area contributed by atoms with Crippen molar-refractivity contribution >= 4 is 23.2 Å². The molecule has 11 heteroatoms. The highest BCUT2D eigenvalue weighted by Gasteiger charge is 2.39. The molecule has 0 radical (unpaired) electrons. The first-order chi connectivity index (χ1) is 17.8. The Morgan fingerprint density at radius 1 is 1.14 bits per heavy atom. The van der Waals surface area contributed by atoms with E-state index < -0.39 is 23.6 Å². The molecule has 0 aliphatic carbocycles. The second kappa shape index (κ2) is 9.23. The van der Waals surface area contributed by atoms with Crippen LogP contribution in [-0.4, -0.2) is 37.6 Å². The number of carbonyl (C=O) groups excluding carboxylic acids is 2. The number of fused-ring (bicyclic) bond motifs is 1. The van der Waals surface area contributed by atoms with E-state index >= 15 is 0 Å². The van der Waals surface area contributed by atoms with Crippen LogP contribution in [0.3, 0.4) is 0 Å². The van der Waals surface area contributed by atoms with E-state index in [0.29, 0.717) is 23.5 Å². The average Bonchev–Trinajstić information content (AvgIpc) is 3.34. The van der Waals surface area contributed by atoms with E-state index in [4.69, 9.17) is 5.26 Å². The third-order valence-corrected chi connectivity index (χ3v) is 5.99. The van der Waals surface area contributed by atoms with Gasteiger partial charge in [0.2, 0.25) is 5.82 Å². The summed E-state index contributed by atoms with van der Waals surface area (Å²) in [7, 11) is 0. The van der Waals surface area contributed by atoms with Gasteiger partial charge in [0.05, 0.1) is 36.0 Å². The molecule has 2 amide bonds. The molecule has 2 aromatic heterocycles. The van der Waals surface area contributed by atoms with Crippen LogP contribution in [-0.2, 0) is 12.5 Å². The number of carbonyl (C=O) groups is 2. The predicted molar refractivity (Wildman–Crippen MR) is 129 cm³/mol. The summed E-state index contributed by atoms with van der Waals surface area (Å²) in [5, 5.41) is 16.0. The highest BCUT2D eigenvalue weighted by atomic mass is 19.3. The van der Waals surface area contributed by atoms with Gasteiger partial charge in [-0.2, -0.15) is 19.1 Å². The molecule has 0 saturated carbocycles. The minimum Gasteiger partial charge on any atom is -0.322 e. The SMILES string of the molecule is CC1Cn2ncc(C(=O)Nc3cccc(C#N)c3)c2C(=O)N1c1ccc(C(F)(F)c2ncccn2)cc1. The van der Waals surface area contributed by atoms with Crippen LogP contribution in [0.5, 0.6) is 0 Å². The molecule has 1 aliphatic heterocycles. The molecule has 184 valence electrons. The third-order valence-electron chi connectivity index (χ3n) is 5.99. The Hall–Kier alpha value is -4.98. The zero-order valence-electron chi connectivity index (χ0n) is 19.5. The van der Waals surface area contributed by atoms with Crippen molar-refractivity contribution in [1.29, 1.82) is 5.26 Å². The van der Waals surface area contributed by atoms with Gasteiger partial charge in [-0.05, 0) is 43.3 Å². The van der Waals surface area contributed by atoms with Gasteiger partial charge < -0.3 is 10.2 Å². The number of benzene rings is 2. The van der Waals surface area contributed by atoms with Crippen molar-refractivity contribution in [3.8, 4) is 6.07 Å². The smallest absolute Gasteiger partial charge is 0.322 e. The van der Waals surface area contributed by atoms with Gasteiger partial charge >= 0.3 is 5.92 Å². The molecule has 0 fully saturated rings. The molecule has 0 spiro atoms. The van der Waals surface area contributed by atoms with E-state index in [1.807, 2.05) is 6.07 Å². The highest BCUT2D eigenvalue weighted by molar-refractivity contribution is 6.15. The summed E-state index contributed by atoms with van der Waals surface area (Å²) >= 11 is 0. The van der Waals surface area contributed by atoms with Crippen molar-refractivity contribution in [2.24, 2.45) is 0 Å². The molecule has 5 rings (SSSR count). The van der Waals surface area contributed by atoms with Crippen LogP contribution in [0, 0.1) is 11.3 Å². The minimum absolute atomic E-state index is 0.0636. The van der Waals surface area contributed by atoms with Crippen LogP contribution < -0.4 is 10.2 Å². The Kier molecular flexibility index (Phi) is 5.93. The van der Waals surface area contributed by atoms with E-state index in [1.54, 1.807) is 25.1 Å². The fourth-order valence-corrected chi connectivity index (χ4v) is 4.22. The summed E-state index contributed by atoms with van der Waals surface area (Å²) < 4.78 is 31.2. The van der Waals surface area contributed by atoms with E-state index in [0.717, 1.165) is 0 Å². The van der Waals surface area contributed by atoms with Crippen LogP contribution in [0.2, 0.25) is 0 Å². The molecule has 9 nitrogen and oxygen atoms in total. The van der Waals surface area contributed by atoms with Crippen molar-refractivity contribution in [3.05, 3.63) is 101 Å². The van der Waals surface area contributed by atoms with Gasteiger partial charge in [-0.3, -0.25) is 14.3 Å². The molecule has 0 saturated heterocycles. The van der Waals surface area contributed by atoms with Crippen LogP contribution in [0.25, 0.3) is 0 Å². The Balaban J connectivity index is 1.42. The molecule has 1 aliphatic rings. The number of nitrogens with one attached hydrogen (secondary N) is 1. The Bertz CT molecular complexity index is 1530. The summed E-state index contributed by atoms with van der Waals surface area (Å²) in [6, 6.07) is 14.8. The lowest BCUT2D eigenvalue weighted by atomic mass is 10.0. The highest BCUT2D eigenvalue weighted by Crippen LogP contribution is 2.35. The maximum atomic E-state index is 14.9. The molecule has 1 atom stereocenters. The van der Waals surface area contributed by atoms with Gasteiger partial charge in [0.25, 0.3) is 11.8 Å². The molecule has 4 aromatic rings. The second-order valence-electron chi connectivity index (χ2n) is 8.45. The van der Waals surface area contributed by atoms with Gasteiger partial charge in [0.1, 0.15) is 5.69 Å². The van der Waals surface area contributed by atoms with Crippen molar-refractivity contribution in [3.63, 3.8) is 0 Å². The number of hydrogen-bond acceptors (Lipinski definition) is 6. The first kappa shape index (κ1) is 23.7. The number of aromatic nitrogens is 4. The minimum atomic E-state index is -3.41. The quantitative estimate of drug-likeness (QED) is 0.444. The molecule has 2 aromatic carbocycles. The Morgan fingerprint density at radius 3 is 2.57 bits per heavy atom. The van der Waals surface area contributed by atoms with Crippen molar-refractivity contribution in [2.45, 2.75) is 25.4 Å². The third kappa shape index (κ3) is 4.29. The van der Waals surface area contributed by atoms with E-state index in [1.165, 1.54) is 64.6 Å². The number of amides is 2. The first-order valence-electron chi connectivity index (χ1n) is 11.3. The number of hydrogen-bond donors (Lipinski definition) is 1. The fraction of sp³-hybridized carbons (Fsp3) is 0.154. The van der Waals surface area contributed by atoms with Crippen LogP contribution in [0.4, 0.5) is 20.2 Å². The first-order valence-corrected chi connectivity index (χ1v) is 11.3. The van der Waals surface area contributed by atoms with Crippen molar-refractivity contribution < 1.29 is 18.4 Å². The topological polar surface area (TPSA) is 117 Å². The molecule has 3 heterocycles. The summed E-state index contributed by atoms with van der Waals surface area (Å²) in [4.78, 5) is 35.3. The number of nitrogens with zero attached hydrogens (tertiary/aromatic N) is 6. The van der Waals surface area contributed by atoms with E-state index in [-0.39, 0.29) is 22.9 Å². The lowest BCUT2D eigenvalue weighted by Crippen LogP contribution is -2.47. The summed E-state index contributed by atoms with van der Waals surface area (Å²) in [6.07, 6.45) is 3.81. The van der Waals surface area contributed by atoms with Gasteiger partial charge in [-0.15, -0.1) is 0 Å². The zero-order valence-corrected chi connectivity index (χ0v) is 19.5. The standard InChI is InChI=1S/C26H19F2N7O2/c1-16-15-34-22(21(14-32-34)23(36)33-19-5-2-4-17(12-19)13-29)24(37)35(16)20-8-6-18(7-9-20)26(27,28)25-30-10-3-11-31-25/h2-12,14,16H,15H2,1H3,(H,33,36). The van der Waals surface area contributed by atoms with Crippen LogP contribution >= 0.6 is 0 Å². The van der Waals surface area contributed by atoms with E-state index in [2.05, 4.69) is 20.4 Å². The lowest BCUT2D eigenvalue weighted by molar-refractivity contribution is 0.0328. The largest absolute Gasteiger partial charge is 0.331 e. The number of alkyl halides is 2. The number of anilines is 2. The van der Waals surface area contributed by atoms with Gasteiger partial charge in [-0.1, -0.05) is 18.2 Å². The Labute approximate surface area is 210 Å². The number of rotatable bonds is 5. The average molecular weight is 499 g/mol.